The molecule has 1 aromatic heterocycles. The molecule has 2 aromatic carbocycles. The van der Waals surface area contributed by atoms with E-state index in [4.69, 9.17) is 9.72 Å². The summed E-state index contributed by atoms with van der Waals surface area (Å²) in [6, 6.07) is 17.4. The quantitative estimate of drug-likeness (QED) is 0.482. The molecule has 1 aliphatic rings. The molecule has 1 aliphatic heterocycles. The number of nitrogens with zero attached hydrogens (tertiary/aromatic N) is 3. The molecule has 0 unspecified atom stereocenters. The lowest BCUT2D eigenvalue weighted by Crippen LogP contribution is -2.36. The van der Waals surface area contributed by atoms with Gasteiger partial charge in [-0.3, -0.25) is 4.79 Å². The number of carbonyl (C=O) groups is 1. The Morgan fingerprint density at radius 1 is 1.11 bits per heavy atom. The Labute approximate surface area is 221 Å². The first kappa shape index (κ1) is 27.0. The fourth-order valence-corrected chi connectivity index (χ4v) is 6.06. The molecule has 0 radical (unpaired) electrons. The number of hydrogen-bond acceptors (Lipinski definition) is 5. The lowest BCUT2D eigenvalue weighted by Gasteiger charge is -2.30. The Bertz CT molecular complexity index is 1320. The van der Waals surface area contributed by atoms with Gasteiger partial charge >= 0.3 is 0 Å². The van der Waals surface area contributed by atoms with Crippen LogP contribution in [0.2, 0.25) is 0 Å². The second-order valence-corrected chi connectivity index (χ2v) is 12.6. The summed E-state index contributed by atoms with van der Waals surface area (Å²) in [5, 5.41) is 9.95. The largest absolute Gasteiger partial charge is 0.497 e. The van der Waals surface area contributed by atoms with Crippen LogP contribution in [-0.4, -0.2) is 62.0 Å². The molecular weight excluding hydrogens is 486 g/mol. The highest BCUT2D eigenvalue weighted by atomic mass is 32.2. The van der Waals surface area contributed by atoms with Gasteiger partial charge in [0.15, 0.2) is 0 Å². The lowest BCUT2D eigenvalue weighted by atomic mass is 9.94. The van der Waals surface area contributed by atoms with Gasteiger partial charge in [0.05, 0.1) is 23.6 Å². The van der Waals surface area contributed by atoms with E-state index in [9.17, 15) is 14.1 Å². The minimum Gasteiger partial charge on any atom is -0.497 e. The van der Waals surface area contributed by atoms with Crippen molar-refractivity contribution < 1.29 is 18.8 Å². The molecule has 8 heteroatoms. The van der Waals surface area contributed by atoms with Crippen LogP contribution in [-0.2, 0) is 17.5 Å². The van der Waals surface area contributed by atoms with E-state index in [-0.39, 0.29) is 18.6 Å². The normalized spacial score (nSPS) is 16.4. The number of methoxy groups -OCH3 is 1. The highest BCUT2D eigenvalue weighted by molar-refractivity contribution is 7.84. The number of hydrogen-bond donors (Lipinski definition) is 1. The maximum atomic E-state index is 13.5. The molecule has 0 spiro atoms. The van der Waals surface area contributed by atoms with E-state index >= 15 is 0 Å². The minimum atomic E-state index is -1.31. The number of fused-ring (bicyclic) bond motifs is 1. The van der Waals surface area contributed by atoms with E-state index in [1.807, 2.05) is 73.6 Å². The maximum absolute atomic E-state index is 13.5. The fourth-order valence-electron chi connectivity index (χ4n) is 4.66. The summed E-state index contributed by atoms with van der Waals surface area (Å²) in [6.45, 7) is 6.21. The van der Waals surface area contributed by atoms with Gasteiger partial charge in [-0.1, -0.05) is 30.3 Å². The lowest BCUT2D eigenvalue weighted by molar-refractivity contribution is 0.0822. The summed E-state index contributed by atoms with van der Waals surface area (Å²) < 4.78 is 20.3. The summed E-state index contributed by atoms with van der Waals surface area (Å²) in [5.74, 6) is 0.595. The Morgan fingerprint density at radius 3 is 2.38 bits per heavy atom. The van der Waals surface area contributed by atoms with Gasteiger partial charge in [-0.15, -0.1) is 0 Å². The van der Waals surface area contributed by atoms with Gasteiger partial charge in [0.1, 0.15) is 22.4 Å². The number of aliphatic hydroxyl groups is 1. The Morgan fingerprint density at radius 2 is 1.78 bits per heavy atom. The van der Waals surface area contributed by atoms with Crippen LogP contribution in [0.15, 0.2) is 54.6 Å². The Hall–Kier alpha value is -3.07. The van der Waals surface area contributed by atoms with Gasteiger partial charge < -0.3 is 14.7 Å². The monoisotopic (exact) mass is 521 g/mol. The molecule has 0 bridgehead atoms. The number of aromatic nitrogens is 1. The van der Waals surface area contributed by atoms with Crippen LogP contribution >= 0.6 is 0 Å². The Balaban J connectivity index is 1.89. The molecule has 37 heavy (non-hydrogen) atoms. The van der Waals surface area contributed by atoms with Gasteiger partial charge in [-0.25, -0.2) is 13.5 Å². The molecular formula is C29H35N3O4S. The van der Waals surface area contributed by atoms with Crippen LogP contribution in [0, 0.1) is 0 Å². The molecule has 1 amide bonds. The first-order valence-corrected chi connectivity index (χ1v) is 13.5. The average Bonchev–Trinajstić information content (AvgIpc) is 3.25. The zero-order valence-corrected chi connectivity index (χ0v) is 23.1. The van der Waals surface area contributed by atoms with E-state index in [0.29, 0.717) is 24.4 Å². The standard InChI is InChI=1S/C29H35N3O4S/c1-29(2,3)37(35)32-18-22-17-24(28(34)31(4)5)30-27(26(22)25(32)14-15-33)21-9-7-8-20(16-21)19-10-12-23(36-6)13-11-19/h7-13,16-17,25,33H,14-15,18H2,1-6H3/t25-,37-/m0/s1. The van der Waals surface area contributed by atoms with Crippen molar-refractivity contribution in [3.05, 3.63) is 71.4 Å². The van der Waals surface area contributed by atoms with E-state index < -0.39 is 15.7 Å². The highest BCUT2D eigenvalue weighted by Crippen LogP contribution is 2.44. The summed E-state index contributed by atoms with van der Waals surface area (Å²) in [7, 11) is 3.74. The maximum Gasteiger partial charge on any atom is 0.271 e. The number of pyridine rings is 1. The number of ether oxygens (including phenoxy) is 1. The Kier molecular flexibility index (Phi) is 7.83. The number of benzene rings is 2. The molecule has 1 N–H and O–H groups in total. The van der Waals surface area contributed by atoms with Crippen LogP contribution in [0.25, 0.3) is 22.4 Å². The smallest absolute Gasteiger partial charge is 0.271 e. The molecule has 0 aliphatic carbocycles. The van der Waals surface area contributed by atoms with Crippen LogP contribution < -0.4 is 4.74 Å². The SMILES string of the molecule is COc1ccc(-c2cccc(-c3nc(C(=O)N(C)C)cc4c3[C@H](CCO)N([S@@](=O)C(C)(C)C)C4)c2)cc1. The molecule has 0 saturated heterocycles. The minimum absolute atomic E-state index is 0.0499. The van der Waals surface area contributed by atoms with Gasteiger partial charge in [0.25, 0.3) is 5.91 Å². The van der Waals surface area contributed by atoms with Gasteiger partial charge in [0.2, 0.25) is 0 Å². The van der Waals surface area contributed by atoms with Crippen molar-refractivity contribution in [1.82, 2.24) is 14.2 Å². The number of carbonyl (C=O) groups excluding carboxylic acids is 1. The topological polar surface area (TPSA) is 83.0 Å². The van der Waals surface area contributed by atoms with Crippen molar-refractivity contribution in [3.8, 4) is 28.1 Å². The molecule has 0 saturated carbocycles. The first-order chi connectivity index (χ1) is 17.5. The highest BCUT2D eigenvalue weighted by Gasteiger charge is 2.40. The number of amides is 1. The van der Waals surface area contributed by atoms with E-state index in [1.54, 1.807) is 21.2 Å². The molecule has 4 rings (SSSR count). The third kappa shape index (κ3) is 5.46. The summed E-state index contributed by atoms with van der Waals surface area (Å²) in [5.41, 5.74) is 5.78. The molecule has 196 valence electrons. The first-order valence-electron chi connectivity index (χ1n) is 12.3. The number of aliphatic hydroxyl groups excluding tert-OH is 1. The molecule has 2 heterocycles. The predicted molar refractivity (Wildman–Crippen MR) is 148 cm³/mol. The molecule has 2 atom stereocenters. The predicted octanol–water partition coefficient (Wildman–Crippen LogP) is 4.83. The second-order valence-electron chi connectivity index (χ2n) is 10.4. The zero-order chi connectivity index (χ0) is 26.9. The van der Waals surface area contributed by atoms with Gasteiger partial charge in [0, 0.05) is 38.4 Å². The third-order valence-corrected chi connectivity index (χ3v) is 8.33. The zero-order valence-electron chi connectivity index (χ0n) is 22.3. The van der Waals surface area contributed by atoms with E-state index in [0.717, 1.165) is 33.6 Å². The summed E-state index contributed by atoms with van der Waals surface area (Å²) in [4.78, 5) is 19.4. The average molecular weight is 522 g/mol. The van der Waals surface area contributed by atoms with Crippen molar-refractivity contribution in [1.29, 1.82) is 0 Å². The molecule has 0 fully saturated rings. The van der Waals surface area contributed by atoms with Crippen LogP contribution in [0.5, 0.6) is 5.75 Å². The summed E-state index contributed by atoms with van der Waals surface area (Å²) >= 11 is 0. The van der Waals surface area contributed by atoms with Crippen LogP contribution in [0.4, 0.5) is 0 Å². The van der Waals surface area contributed by atoms with Gasteiger partial charge in [-0.2, -0.15) is 0 Å². The number of rotatable bonds is 7. The van der Waals surface area contributed by atoms with E-state index in [1.165, 1.54) is 4.90 Å². The van der Waals surface area contributed by atoms with Crippen molar-refractivity contribution in [3.63, 3.8) is 0 Å². The molecule has 7 nitrogen and oxygen atoms in total. The van der Waals surface area contributed by atoms with Crippen LogP contribution in [0.1, 0.15) is 54.8 Å². The van der Waals surface area contributed by atoms with Crippen molar-refractivity contribution in [2.24, 2.45) is 0 Å². The van der Waals surface area contributed by atoms with Crippen molar-refractivity contribution in [2.45, 2.75) is 44.5 Å². The fraction of sp³-hybridized carbons (Fsp3) is 0.379. The van der Waals surface area contributed by atoms with Crippen molar-refractivity contribution in [2.75, 3.05) is 27.8 Å². The third-order valence-electron chi connectivity index (χ3n) is 6.48. The van der Waals surface area contributed by atoms with E-state index in [2.05, 4.69) is 6.07 Å². The van der Waals surface area contributed by atoms with Gasteiger partial charge in [-0.05, 0) is 68.1 Å². The summed E-state index contributed by atoms with van der Waals surface area (Å²) in [6.07, 6.45) is 0.419. The second kappa shape index (κ2) is 10.7. The molecule has 3 aromatic rings. The van der Waals surface area contributed by atoms with Crippen LogP contribution in [0.3, 0.4) is 0 Å². The van der Waals surface area contributed by atoms with Crippen molar-refractivity contribution >= 4 is 16.9 Å².